The van der Waals surface area contributed by atoms with Gasteiger partial charge in [0, 0.05) is 23.8 Å². The molecular formula is C19H29N3O2. The smallest absolute Gasteiger partial charge is 0.416 e. The van der Waals surface area contributed by atoms with E-state index in [9.17, 15) is 4.79 Å². The fourth-order valence-electron chi connectivity index (χ4n) is 3.36. The normalized spacial score (nSPS) is 21.9. The van der Waals surface area contributed by atoms with Crippen molar-refractivity contribution >= 4 is 11.9 Å². The minimum Gasteiger partial charge on any atom is -0.443 e. The summed E-state index contributed by atoms with van der Waals surface area (Å²) < 4.78 is 5.68. The number of piperidine rings is 1. The summed E-state index contributed by atoms with van der Waals surface area (Å²) in [6, 6.07) is 4.54. The maximum Gasteiger partial charge on any atom is 0.416 e. The number of nitrogens with one attached hydrogen (secondary N) is 1. The minimum atomic E-state index is -0.503. The molecule has 2 heterocycles. The average molecular weight is 331 g/mol. The van der Waals surface area contributed by atoms with Gasteiger partial charge in [0.15, 0.2) is 0 Å². The zero-order valence-electron chi connectivity index (χ0n) is 15.0. The summed E-state index contributed by atoms with van der Waals surface area (Å²) >= 11 is 0. The fourth-order valence-corrected chi connectivity index (χ4v) is 3.36. The van der Waals surface area contributed by atoms with Crippen molar-refractivity contribution in [3.05, 3.63) is 23.9 Å². The molecular weight excluding hydrogens is 302 g/mol. The summed E-state index contributed by atoms with van der Waals surface area (Å²) in [6.07, 6.45) is 8.22. The molecule has 5 nitrogen and oxygen atoms in total. The molecule has 5 heteroatoms. The van der Waals surface area contributed by atoms with Gasteiger partial charge in [-0.25, -0.2) is 9.78 Å². The molecule has 1 amide bonds. The highest BCUT2D eigenvalue weighted by Gasteiger charge is 2.36. The maximum absolute atomic E-state index is 12.9. The highest BCUT2D eigenvalue weighted by atomic mass is 16.6. The summed E-state index contributed by atoms with van der Waals surface area (Å²) in [4.78, 5) is 19.3. The van der Waals surface area contributed by atoms with Crippen LogP contribution in [-0.2, 0) is 4.74 Å². The number of ether oxygens (including phenoxy) is 1. The summed E-state index contributed by atoms with van der Waals surface area (Å²) in [5.41, 5.74) is 0.617. The monoisotopic (exact) mass is 331 g/mol. The van der Waals surface area contributed by atoms with Crippen molar-refractivity contribution < 1.29 is 9.53 Å². The molecule has 1 aliphatic carbocycles. The van der Waals surface area contributed by atoms with E-state index >= 15 is 0 Å². The van der Waals surface area contributed by atoms with Crippen LogP contribution in [0.15, 0.2) is 18.3 Å². The predicted molar refractivity (Wildman–Crippen MR) is 95.2 cm³/mol. The number of pyridine rings is 1. The fraction of sp³-hybridized carbons (Fsp3) is 0.684. The van der Waals surface area contributed by atoms with Gasteiger partial charge in [-0.05, 0) is 65.5 Å². The molecule has 1 aliphatic heterocycles. The molecule has 132 valence electrons. The van der Waals surface area contributed by atoms with Crippen LogP contribution in [0.1, 0.15) is 70.9 Å². The second-order valence-corrected chi connectivity index (χ2v) is 7.85. The summed E-state index contributed by atoms with van der Waals surface area (Å²) in [7, 11) is 0. The van der Waals surface area contributed by atoms with Gasteiger partial charge in [-0.15, -0.1) is 0 Å². The van der Waals surface area contributed by atoms with Gasteiger partial charge < -0.3 is 10.1 Å². The topological polar surface area (TPSA) is 54.5 Å². The van der Waals surface area contributed by atoms with Crippen LogP contribution in [0.4, 0.5) is 10.6 Å². The van der Waals surface area contributed by atoms with Crippen molar-refractivity contribution in [1.29, 1.82) is 0 Å². The Bertz CT molecular complexity index is 572. The SMILES string of the molecule is CC(C)(C)OC(=O)N(c1ncccc1[C@H]1CCCCN1)C1CCC1. The Hall–Kier alpha value is -1.62. The van der Waals surface area contributed by atoms with E-state index in [0.29, 0.717) is 0 Å². The summed E-state index contributed by atoms with van der Waals surface area (Å²) in [5.74, 6) is 0.774. The largest absolute Gasteiger partial charge is 0.443 e. The van der Waals surface area contributed by atoms with Crippen molar-refractivity contribution in [2.24, 2.45) is 0 Å². The Balaban J connectivity index is 1.91. The predicted octanol–water partition coefficient (Wildman–Crippen LogP) is 4.19. The van der Waals surface area contributed by atoms with Crippen LogP contribution in [0, 0.1) is 0 Å². The molecule has 0 radical (unpaired) electrons. The minimum absolute atomic E-state index is 0.206. The van der Waals surface area contributed by atoms with E-state index in [1.807, 2.05) is 26.8 Å². The Kier molecular flexibility index (Phi) is 5.09. The van der Waals surface area contributed by atoms with E-state index in [4.69, 9.17) is 4.74 Å². The lowest BCUT2D eigenvalue weighted by Crippen LogP contribution is -2.48. The van der Waals surface area contributed by atoms with E-state index in [1.54, 1.807) is 11.1 Å². The Morgan fingerprint density at radius 2 is 2.04 bits per heavy atom. The molecule has 1 saturated carbocycles. The van der Waals surface area contributed by atoms with E-state index < -0.39 is 5.60 Å². The number of aromatic nitrogens is 1. The molecule has 2 aliphatic rings. The molecule has 3 rings (SSSR count). The Morgan fingerprint density at radius 3 is 2.62 bits per heavy atom. The summed E-state index contributed by atoms with van der Waals surface area (Å²) in [6.45, 7) is 6.75. The first kappa shape index (κ1) is 17.2. The van der Waals surface area contributed by atoms with E-state index in [1.165, 1.54) is 12.8 Å². The number of carbonyl (C=O) groups excluding carboxylic acids is 1. The molecule has 2 fully saturated rings. The second kappa shape index (κ2) is 7.09. The van der Waals surface area contributed by atoms with Crippen LogP contribution in [0.2, 0.25) is 0 Å². The Labute approximate surface area is 144 Å². The van der Waals surface area contributed by atoms with Crippen molar-refractivity contribution in [1.82, 2.24) is 10.3 Å². The van der Waals surface area contributed by atoms with Gasteiger partial charge >= 0.3 is 6.09 Å². The van der Waals surface area contributed by atoms with Gasteiger partial charge in [-0.3, -0.25) is 4.90 Å². The number of hydrogen-bond acceptors (Lipinski definition) is 4. The highest BCUT2D eigenvalue weighted by Crippen LogP contribution is 2.35. The van der Waals surface area contributed by atoms with Crippen LogP contribution in [0.3, 0.4) is 0 Å². The van der Waals surface area contributed by atoms with Gasteiger partial charge in [-0.2, -0.15) is 0 Å². The highest BCUT2D eigenvalue weighted by molar-refractivity contribution is 5.88. The van der Waals surface area contributed by atoms with E-state index in [0.717, 1.165) is 43.6 Å². The van der Waals surface area contributed by atoms with Crippen LogP contribution in [0.25, 0.3) is 0 Å². The van der Waals surface area contributed by atoms with Gasteiger partial charge in [0.1, 0.15) is 11.4 Å². The third kappa shape index (κ3) is 3.89. The number of rotatable bonds is 3. The number of carbonyl (C=O) groups is 1. The van der Waals surface area contributed by atoms with Crippen LogP contribution < -0.4 is 10.2 Å². The van der Waals surface area contributed by atoms with Crippen molar-refractivity contribution in [3.8, 4) is 0 Å². The molecule has 0 bridgehead atoms. The lowest BCUT2D eigenvalue weighted by Gasteiger charge is -2.39. The first-order valence-corrected chi connectivity index (χ1v) is 9.16. The lowest BCUT2D eigenvalue weighted by molar-refractivity contribution is 0.0547. The number of hydrogen-bond donors (Lipinski definition) is 1. The molecule has 1 saturated heterocycles. The van der Waals surface area contributed by atoms with Gasteiger partial charge in [0.05, 0.1) is 0 Å². The standard InChI is InChI=1S/C19H29N3O2/c1-19(2,3)24-18(23)22(14-8-6-9-14)17-15(10-7-13-21-17)16-11-4-5-12-20-16/h7,10,13-14,16,20H,4-6,8-9,11-12H2,1-3H3/t16-/m1/s1. The van der Waals surface area contributed by atoms with E-state index in [-0.39, 0.29) is 18.2 Å². The lowest BCUT2D eigenvalue weighted by atomic mass is 9.90. The maximum atomic E-state index is 12.9. The molecule has 24 heavy (non-hydrogen) atoms. The van der Waals surface area contributed by atoms with Gasteiger partial charge in [0.2, 0.25) is 0 Å². The number of nitrogens with zero attached hydrogens (tertiary/aromatic N) is 2. The third-order valence-corrected chi connectivity index (χ3v) is 4.76. The van der Waals surface area contributed by atoms with Crippen LogP contribution >= 0.6 is 0 Å². The van der Waals surface area contributed by atoms with Crippen molar-refractivity contribution in [3.63, 3.8) is 0 Å². The molecule has 1 atom stereocenters. The quantitative estimate of drug-likeness (QED) is 0.902. The third-order valence-electron chi connectivity index (χ3n) is 4.76. The molecule has 0 aromatic carbocycles. The van der Waals surface area contributed by atoms with Crippen LogP contribution in [-0.4, -0.2) is 29.3 Å². The molecule has 1 aromatic heterocycles. The molecule has 1 aromatic rings. The zero-order chi connectivity index (χ0) is 17.2. The first-order chi connectivity index (χ1) is 11.5. The summed E-state index contributed by atoms with van der Waals surface area (Å²) in [5, 5.41) is 3.57. The molecule has 0 spiro atoms. The molecule has 1 N–H and O–H groups in total. The number of anilines is 1. The van der Waals surface area contributed by atoms with Crippen molar-refractivity contribution in [2.75, 3.05) is 11.4 Å². The van der Waals surface area contributed by atoms with E-state index in [2.05, 4.69) is 16.4 Å². The average Bonchev–Trinajstić information content (AvgIpc) is 2.50. The zero-order valence-corrected chi connectivity index (χ0v) is 15.0. The van der Waals surface area contributed by atoms with Gasteiger partial charge in [-0.1, -0.05) is 12.5 Å². The van der Waals surface area contributed by atoms with Crippen molar-refractivity contribution in [2.45, 2.75) is 77.0 Å². The first-order valence-electron chi connectivity index (χ1n) is 9.16. The Morgan fingerprint density at radius 1 is 1.25 bits per heavy atom. The molecule has 0 unspecified atom stereocenters. The number of amides is 1. The van der Waals surface area contributed by atoms with Gasteiger partial charge in [0.25, 0.3) is 0 Å². The van der Waals surface area contributed by atoms with Crippen LogP contribution in [0.5, 0.6) is 0 Å². The second-order valence-electron chi connectivity index (χ2n) is 7.85.